The van der Waals surface area contributed by atoms with Crippen molar-refractivity contribution < 1.29 is 9.84 Å². The zero-order valence-electron chi connectivity index (χ0n) is 12.0. The highest BCUT2D eigenvalue weighted by Gasteiger charge is 2.19. The average Bonchev–Trinajstić information content (AvgIpc) is 2.38. The maximum Gasteiger partial charge on any atom is 0.0897 e. The smallest absolute Gasteiger partial charge is 0.0897 e. The fourth-order valence-corrected chi connectivity index (χ4v) is 2.52. The van der Waals surface area contributed by atoms with Crippen molar-refractivity contribution in [2.75, 3.05) is 26.0 Å². The van der Waals surface area contributed by atoms with E-state index < -0.39 is 0 Å². The van der Waals surface area contributed by atoms with Crippen molar-refractivity contribution in [3.05, 3.63) is 0 Å². The SMILES string of the molecule is CSC(C)CNCC(O)COC1CCC(C)CC1. The summed E-state index contributed by atoms with van der Waals surface area (Å²) < 4.78 is 5.78. The first-order chi connectivity index (χ1) is 8.61. The molecule has 1 aliphatic carbocycles. The highest BCUT2D eigenvalue weighted by molar-refractivity contribution is 7.99. The Labute approximate surface area is 116 Å². The Morgan fingerprint density at radius 2 is 1.94 bits per heavy atom. The van der Waals surface area contributed by atoms with Crippen molar-refractivity contribution in [2.45, 2.75) is 57.0 Å². The van der Waals surface area contributed by atoms with E-state index in [9.17, 15) is 5.11 Å². The normalized spacial score (nSPS) is 28.0. The molecule has 1 rings (SSSR count). The molecule has 0 saturated heterocycles. The number of aliphatic hydroxyl groups excluding tert-OH is 1. The van der Waals surface area contributed by atoms with E-state index in [4.69, 9.17) is 4.74 Å². The largest absolute Gasteiger partial charge is 0.389 e. The molecule has 1 fully saturated rings. The Balaban J connectivity index is 2.01. The van der Waals surface area contributed by atoms with Gasteiger partial charge in [0.1, 0.15) is 0 Å². The van der Waals surface area contributed by atoms with Crippen LogP contribution >= 0.6 is 11.8 Å². The van der Waals surface area contributed by atoms with Gasteiger partial charge in [-0.1, -0.05) is 13.8 Å². The van der Waals surface area contributed by atoms with E-state index in [1.54, 1.807) is 0 Å². The summed E-state index contributed by atoms with van der Waals surface area (Å²) in [6.45, 7) is 6.54. The third-order valence-corrected chi connectivity index (χ3v) is 4.67. The fourth-order valence-electron chi connectivity index (χ4n) is 2.24. The van der Waals surface area contributed by atoms with Crippen molar-refractivity contribution in [3.63, 3.8) is 0 Å². The van der Waals surface area contributed by atoms with Gasteiger partial charge in [-0.3, -0.25) is 0 Å². The lowest BCUT2D eigenvalue weighted by Gasteiger charge is -2.27. The molecule has 0 heterocycles. The van der Waals surface area contributed by atoms with Gasteiger partial charge in [0.05, 0.1) is 18.8 Å². The second kappa shape index (κ2) is 9.18. The Morgan fingerprint density at radius 3 is 2.56 bits per heavy atom. The van der Waals surface area contributed by atoms with Crippen molar-refractivity contribution in [2.24, 2.45) is 5.92 Å². The first kappa shape index (κ1) is 16.3. The first-order valence-corrected chi connectivity index (χ1v) is 8.43. The zero-order chi connectivity index (χ0) is 13.4. The number of hydrogen-bond donors (Lipinski definition) is 2. The molecule has 2 N–H and O–H groups in total. The van der Waals surface area contributed by atoms with Gasteiger partial charge in [0.15, 0.2) is 0 Å². The van der Waals surface area contributed by atoms with Crippen LogP contribution < -0.4 is 5.32 Å². The van der Waals surface area contributed by atoms with Crippen LogP contribution in [0.1, 0.15) is 39.5 Å². The summed E-state index contributed by atoms with van der Waals surface area (Å²) in [6.07, 6.45) is 6.96. The maximum atomic E-state index is 9.82. The molecular weight excluding hydrogens is 246 g/mol. The first-order valence-electron chi connectivity index (χ1n) is 7.15. The molecule has 3 nitrogen and oxygen atoms in total. The Kier molecular flexibility index (Phi) is 8.31. The predicted octanol–water partition coefficient (Wildman–Crippen LogP) is 2.28. The molecule has 0 spiro atoms. The van der Waals surface area contributed by atoms with Gasteiger partial charge in [0.25, 0.3) is 0 Å². The minimum Gasteiger partial charge on any atom is -0.389 e. The Hall–Kier alpha value is 0.230. The van der Waals surface area contributed by atoms with Gasteiger partial charge in [-0.05, 0) is 37.9 Å². The van der Waals surface area contributed by atoms with Gasteiger partial charge in [-0.25, -0.2) is 0 Å². The molecule has 1 saturated carbocycles. The number of rotatable bonds is 8. The second-order valence-electron chi connectivity index (χ2n) is 5.57. The summed E-state index contributed by atoms with van der Waals surface area (Å²) in [6, 6.07) is 0. The Bertz CT molecular complexity index is 208. The summed E-state index contributed by atoms with van der Waals surface area (Å²) in [4.78, 5) is 0. The lowest BCUT2D eigenvalue weighted by molar-refractivity contribution is -0.0277. The fraction of sp³-hybridized carbons (Fsp3) is 1.00. The zero-order valence-corrected chi connectivity index (χ0v) is 12.8. The standard InChI is InChI=1S/C14H29NO2S/c1-11-4-6-14(7-5-11)17-10-13(16)9-15-8-12(2)18-3/h11-16H,4-10H2,1-3H3. The molecule has 2 atom stereocenters. The molecule has 0 bridgehead atoms. The van der Waals surface area contributed by atoms with E-state index in [-0.39, 0.29) is 6.10 Å². The summed E-state index contributed by atoms with van der Waals surface area (Å²) in [7, 11) is 0. The lowest BCUT2D eigenvalue weighted by atomic mass is 9.89. The van der Waals surface area contributed by atoms with Crippen LogP contribution in [0, 0.1) is 5.92 Å². The van der Waals surface area contributed by atoms with Crippen LogP contribution in [-0.4, -0.2) is 48.5 Å². The van der Waals surface area contributed by atoms with E-state index >= 15 is 0 Å². The summed E-state index contributed by atoms with van der Waals surface area (Å²) in [5.74, 6) is 0.851. The highest BCUT2D eigenvalue weighted by Crippen LogP contribution is 2.25. The molecule has 1 aliphatic rings. The van der Waals surface area contributed by atoms with Crippen molar-refractivity contribution in [1.29, 1.82) is 0 Å². The van der Waals surface area contributed by atoms with Gasteiger partial charge in [-0.2, -0.15) is 11.8 Å². The van der Waals surface area contributed by atoms with E-state index in [0.717, 1.165) is 25.3 Å². The minimum absolute atomic E-state index is 0.376. The molecule has 0 aromatic heterocycles. The van der Waals surface area contributed by atoms with Gasteiger partial charge in [0, 0.05) is 18.3 Å². The summed E-state index contributed by atoms with van der Waals surface area (Å²) >= 11 is 1.84. The monoisotopic (exact) mass is 275 g/mol. The molecule has 18 heavy (non-hydrogen) atoms. The van der Waals surface area contributed by atoms with Crippen LogP contribution in [0.2, 0.25) is 0 Å². The average molecular weight is 275 g/mol. The molecule has 0 amide bonds. The van der Waals surface area contributed by atoms with Gasteiger partial charge in [0.2, 0.25) is 0 Å². The van der Waals surface area contributed by atoms with E-state index in [1.165, 1.54) is 12.8 Å². The highest BCUT2D eigenvalue weighted by atomic mass is 32.2. The molecule has 0 aliphatic heterocycles. The summed E-state index contributed by atoms with van der Waals surface area (Å²) in [5.41, 5.74) is 0. The van der Waals surface area contributed by atoms with E-state index in [2.05, 4.69) is 25.4 Å². The molecule has 0 radical (unpaired) electrons. The van der Waals surface area contributed by atoms with Crippen molar-refractivity contribution >= 4 is 11.8 Å². The molecule has 108 valence electrons. The lowest BCUT2D eigenvalue weighted by Crippen LogP contribution is -2.35. The second-order valence-corrected chi connectivity index (χ2v) is 6.85. The predicted molar refractivity (Wildman–Crippen MR) is 79.2 cm³/mol. The van der Waals surface area contributed by atoms with Gasteiger partial charge < -0.3 is 15.2 Å². The molecule has 0 aromatic carbocycles. The molecule has 2 unspecified atom stereocenters. The summed E-state index contributed by atoms with van der Waals surface area (Å²) in [5, 5.41) is 13.7. The van der Waals surface area contributed by atoms with Gasteiger partial charge in [-0.15, -0.1) is 0 Å². The maximum absolute atomic E-state index is 9.82. The number of ether oxygens (including phenoxy) is 1. The number of thioether (sulfide) groups is 1. The van der Waals surface area contributed by atoms with Crippen LogP contribution in [0.4, 0.5) is 0 Å². The van der Waals surface area contributed by atoms with Crippen LogP contribution in [0.15, 0.2) is 0 Å². The minimum atomic E-state index is -0.376. The third kappa shape index (κ3) is 6.98. The van der Waals surface area contributed by atoms with Gasteiger partial charge >= 0.3 is 0 Å². The quantitative estimate of drug-likeness (QED) is 0.713. The molecule has 4 heteroatoms. The third-order valence-electron chi connectivity index (χ3n) is 3.70. The molecular formula is C14H29NO2S. The number of aliphatic hydroxyl groups is 1. The number of nitrogens with one attached hydrogen (secondary N) is 1. The topological polar surface area (TPSA) is 41.5 Å². The van der Waals surface area contributed by atoms with Crippen LogP contribution in [-0.2, 0) is 4.74 Å². The van der Waals surface area contributed by atoms with Crippen molar-refractivity contribution in [3.8, 4) is 0 Å². The van der Waals surface area contributed by atoms with Crippen LogP contribution in [0.3, 0.4) is 0 Å². The van der Waals surface area contributed by atoms with E-state index in [1.807, 2.05) is 11.8 Å². The van der Waals surface area contributed by atoms with E-state index in [0.29, 0.717) is 24.5 Å². The Morgan fingerprint density at radius 1 is 1.28 bits per heavy atom. The number of hydrogen-bond acceptors (Lipinski definition) is 4. The van der Waals surface area contributed by atoms with Crippen LogP contribution in [0.5, 0.6) is 0 Å². The molecule has 0 aromatic rings. The van der Waals surface area contributed by atoms with Crippen LogP contribution in [0.25, 0.3) is 0 Å². The van der Waals surface area contributed by atoms with Crippen molar-refractivity contribution in [1.82, 2.24) is 5.32 Å².